The molecule has 21 heavy (non-hydrogen) atoms. The SMILES string of the molecule is CCN(C(=O)CC(=O)NCCCOC)c1cccc(C)c1. The van der Waals surface area contributed by atoms with E-state index in [-0.39, 0.29) is 18.2 Å². The van der Waals surface area contributed by atoms with Crippen LogP contribution in [0.15, 0.2) is 24.3 Å². The van der Waals surface area contributed by atoms with Gasteiger partial charge in [0.2, 0.25) is 11.8 Å². The summed E-state index contributed by atoms with van der Waals surface area (Å²) in [4.78, 5) is 25.6. The molecule has 0 heterocycles. The van der Waals surface area contributed by atoms with E-state index >= 15 is 0 Å². The minimum absolute atomic E-state index is 0.130. The van der Waals surface area contributed by atoms with E-state index in [0.29, 0.717) is 19.7 Å². The Bertz CT molecular complexity index is 474. The van der Waals surface area contributed by atoms with Crippen LogP contribution in [-0.2, 0) is 14.3 Å². The maximum Gasteiger partial charge on any atom is 0.236 e. The summed E-state index contributed by atoms with van der Waals surface area (Å²) in [6.07, 6.45) is 0.612. The normalized spacial score (nSPS) is 10.2. The number of benzene rings is 1. The lowest BCUT2D eigenvalue weighted by molar-refractivity contribution is -0.127. The first-order chi connectivity index (χ1) is 10.1. The highest BCUT2D eigenvalue weighted by Crippen LogP contribution is 2.16. The maximum absolute atomic E-state index is 12.2. The molecule has 1 aromatic carbocycles. The Kier molecular flexibility index (Phi) is 7.46. The molecule has 0 aliphatic rings. The summed E-state index contributed by atoms with van der Waals surface area (Å²) in [6, 6.07) is 7.71. The third-order valence-electron chi connectivity index (χ3n) is 3.09. The zero-order valence-corrected chi connectivity index (χ0v) is 13.0. The summed E-state index contributed by atoms with van der Waals surface area (Å²) in [5, 5.41) is 2.72. The third-order valence-corrected chi connectivity index (χ3v) is 3.09. The van der Waals surface area contributed by atoms with Crippen molar-refractivity contribution in [3.63, 3.8) is 0 Å². The number of hydrogen-bond donors (Lipinski definition) is 1. The van der Waals surface area contributed by atoms with Gasteiger partial charge >= 0.3 is 0 Å². The molecule has 0 aromatic heterocycles. The molecule has 0 unspecified atom stereocenters. The van der Waals surface area contributed by atoms with E-state index in [1.165, 1.54) is 0 Å². The van der Waals surface area contributed by atoms with E-state index in [2.05, 4.69) is 5.32 Å². The summed E-state index contributed by atoms with van der Waals surface area (Å²) < 4.78 is 4.90. The van der Waals surface area contributed by atoms with Gasteiger partial charge in [0.1, 0.15) is 6.42 Å². The lowest BCUT2D eigenvalue weighted by Crippen LogP contribution is -2.36. The van der Waals surface area contributed by atoms with Crippen molar-refractivity contribution in [2.45, 2.75) is 26.7 Å². The van der Waals surface area contributed by atoms with Crippen LogP contribution in [0, 0.1) is 6.92 Å². The van der Waals surface area contributed by atoms with Crippen LogP contribution >= 0.6 is 0 Å². The minimum atomic E-state index is -0.248. The van der Waals surface area contributed by atoms with Gasteiger partial charge in [0.05, 0.1) is 0 Å². The first-order valence-electron chi connectivity index (χ1n) is 7.21. The summed E-state index contributed by atoms with van der Waals surface area (Å²) in [5.74, 6) is -0.436. The minimum Gasteiger partial charge on any atom is -0.385 e. The zero-order chi connectivity index (χ0) is 15.7. The van der Waals surface area contributed by atoms with Gasteiger partial charge in [0, 0.05) is 32.5 Å². The molecular weight excluding hydrogens is 268 g/mol. The molecule has 0 radical (unpaired) electrons. The molecule has 1 N–H and O–H groups in total. The second kappa shape index (κ2) is 9.13. The van der Waals surface area contributed by atoms with Gasteiger partial charge in [-0.2, -0.15) is 0 Å². The molecule has 116 valence electrons. The Morgan fingerprint density at radius 1 is 1.33 bits per heavy atom. The van der Waals surface area contributed by atoms with Crippen LogP contribution in [-0.4, -0.2) is 38.6 Å². The number of anilines is 1. The molecule has 0 saturated heterocycles. The van der Waals surface area contributed by atoms with Crippen molar-refractivity contribution >= 4 is 17.5 Å². The largest absolute Gasteiger partial charge is 0.385 e. The Morgan fingerprint density at radius 2 is 2.10 bits per heavy atom. The molecule has 0 spiro atoms. The number of aryl methyl sites for hydroxylation is 1. The first kappa shape index (κ1) is 17.2. The second-order valence-electron chi connectivity index (χ2n) is 4.85. The molecule has 0 atom stereocenters. The third kappa shape index (κ3) is 5.95. The molecule has 0 bridgehead atoms. The van der Waals surface area contributed by atoms with Crippen molar-refractivity contribution in [2.75, 3.05) is 31.7 Å². The number of rotatable bonds is 8. The van der Waals surface area contributed by atoms with Crippen molar-refractivity contribution in [3.05, 3.63) is 29.8 Å². The van der Waals surface area contributed by atoms with Crippen LogP contribution < -0.4 is 10.2 Å². The van der Waals surface area contributed by atoms with E-state index in [1.54, 1.807) is 12.0 Å². The lowest BCUT2D eigenvalue weighted by atomic mass is 10.2. The smallest absolute Gasteiger partial charge is 0.236 e. The maximum atomic E-state index is 12.2. The quantitative estimate of drug-likeness (QED) is 0.588. The zero-order valence-electron chi connectivity index (χ0n) is 13.0. The van der Waals surface area contributed by atoms with Gasteiger partial charge in [-0.15, -0.1) is 0 Å². The van der Waals surface area contributed by atoms with Gasteiger partial charge in [0.25, 0.3) is 0 Å². The number of ether oxygens (including phenoxy) is 1. The predicted octanol–water partition coefficient (Wildman–Crippen LogP) is 1.89. The first-order valence-corrected chi connectivity index (χ1v) is 7.21. The van der Waals surface area contributed by atoms with Crippen molar-refractivity contribution < 1.29 is 14.3 Å². The van der Waals surface area contributed by atoms with E-state index < -0.39 is 0 Å². The molecule has 5 heteroatoms. The fourth-order valence-electron chi connectivity index (χ4n) is 2.04. The number of amides is 2. The summed E-state index contributed by atoms with van der Waals surface area (Å²) in [6.45, 7) is 5.54. The molecule has 2 amide bonds. The number of nitrogens with zero attached hydrogens (tertiary/aromatic N) is 1. The van der Waals surface area contributed by atoms with E-state index in [4.69, 9.17) is 4.74 Å². The monoisotopic (exact) mass is 292 g/mol. The molecule has 5 nitrogen and oxygen atoms in total. The van der Waals surface area contributed by atoms with Gasteiger partial charge in [0.15, 0.2) is 0 Å². The van der Waals surface area contributed by atoms with Crippen molar-refractivity contribution in [3.8, 4) is 0 Å². The molecule has 1 rings (SSSR count). The number of carbonyl (C=O) groups excluding carboxylic acids is 2. The Labute approximate surface area is 126 Å². The average Bonchev–Trinajstić information content (AvgIpc) is 2.44. The van der Waals surface area contributed by atoms with Crippen LogP contribution in [0.3, 0.4) is 0 Å². The Balaban J connectivity index is 2.53. The number of hydrogen-bond acceptors (Lipinski definition) is 3. The van der Waals surface area contributed by atoms with Gasteiger partial charge < -0.3 is 15.0 Å². The van der Waals surface area contributed by atoms with Crippen LogP contribution in [0.1, 0.15) is 25.3 Å². The van der Waals surface area contributed by atoms with E-state index in [1.807, 2.05) is 38.1 Å². The molecule has 0 fully saturated rings. The van der Waals surface area contributed by atoms with Crippen LogP contribution in [0.2, 0.25) is 0 Å². The van der Waals surface area contributed by atoms with Gasteiger partial charge in [-0.1, -0.05) is 12.1 Å². The van der Waals surface area contributed by atoms with Gasteiger partial charge in [-0.05, 0) is 38.0 Å². The highest BCUT2D eigenvalue weighted by molar-refractivity contribution is 6.04. The predicted molar refractivity (Wildman–Crippen MR) is 83.3 cm³/mol. The summed E-state index contributed by atoms with van der Waals surface area (Å²) in [5.41, 5.74) is 1.91. The standard InChI is InChI=1S/C16H24N2O3/c1-4-18(14-8-5-7-13(2)11-14)16(20)12-15(19)17-9-6-10-21-3/h5,7-8,11H,4,6,9-10,12H2,1-3H3,(H,17,19). The summed E-state index contributed by atoms with van der Waals surface area (Å²) >= 11 is 0. The Morgan fingerprint density at radius 3 is 2.71 bits per heavy atom. The summed E-state index contributed by atoms with van der Waals surface area (Å²) in [7, 11) is 1.62. The van der Waals surface area contributed by atoms with Gasteiger partial charge in [-0.3, -0.25) is 9.59 Å². The number of carbonyl (C=O) groups is 2. The second-order valence-corrected chi connectivity index (χ2v) is 4.85. The molecule has 0 aliphatic heterocycles. The molecule has 0 aliphatic carbocycles. The molecular formula is C16H24N2O3. The highest BCUT2D eigenvalue weighted by atomic mass is 16.5. The molecule has 1 aromatic rings. The molecule has 0 saturated carbocycles. The average molecular weight is 292 g/mol. The fraction of sp³-hybridized carbons (Fsp3) is 0.500. The van der Waals surface area contributed by atoms with E-state index in [0.717, 1.165) is 17.7 Å². The van der Waals surface area contributed by atoms with Crippen LogP contribution in [0.25, 0.3) is 0 Å². The van der Waals surface area contributed by atoms with Crippen molar-refractivity contribution in [1.29, 1.82) is 0 Å². The number of methoxy groups -OCH3 is 1. The van der Waals surface area contributed by atoms with Crippen molar-refractivity contribution in [2.24, 2.45) is 0 Å². The topological polar surface area (TPSA) is 58.6 Å². The Hall–Kier alpha value is -1.88. The van der Waals surface area contributed by atoms with Crippen LogP contribution in [0.5, 0.6) is 0 Å². The van der Waals surface area contributed by atoms with Crippen LogP contribution in [0.4, 0.5) is 5.69 Å². The van der Waals surface area contributed by atoms with Crippen molar-refractivity contribution in [1.82, 2.24) is 5.32 Å². The van der Waals surface area contributed by atoms with E-state index in [9.17, 15) is 9.59 Å². The lowest BCUT2D eigenvalue weighted by Gasteiger charge is -2.21. The number of nitrogens with one attached hydrogen (secondary N) is 1. The van der Waals surface area contributed by atoms with Gasteiger partial charge in [-0.25, -0.2) is 0 Å². The fourth-order valence-corrected chi connectivity index (χ4v) is 2.04. The highest BCUT2D eigenvalue weighted by Gasteiger charge is 2.17.